The lowest BCUT2D eigenvalue weighted by atomic mass is 10.2. The van der Waals surface area contributed by atoms with Crippen LogP contribution in [0.5, 0.6) is 5.75 Å². The molecular formula is C16H16BrNO5S. The highest BCUT2D eigenvalue weighted by molar-refractivity contribution is 9.10. The average molecular weight is 414 g/mol. The molecule has 0 atom stereocenters. The third kappa shape index (κ3) is 4.34. The third-order valence-corrected chi connectivity index (χ3v) is 5.60. The Morgan fingerprint density at radius 2 is 1.96 bits per heavy atom. The molecule has 2 rings (SSSR count). The molecule has 0 fully saturated rings. The largest absolute Gasteiger partial charge is 0.495 e. The molecule has 8 heteroatoms. The number of rotatable bonds is 7. The molecule has 0 bridgehead atoms. The van der Waals surface area contributed by atoms with E-state index in [9.17, 15) is 13.2 Å². The molecule has 0 aliphatic carbocycles. The predicted octanol–water partition coefficient (Wildman–Crippen LogP) is 2.68. The number of aromatic carboxylic acids is 1. The van der Waals surface area contributed by atoms with E-state index in [1.54, 1.807) is 0 Å². The second-order valence-electron chi connectivity index (χ2n) is 4.91. The standard InChI is InChI=1S/C16H16BrNO5S/c1-23-14-7-6-12(16(19)20)10-15(14)24(21,22)18-9-8-11-4-2-3-5-13(11)17/h2-7,10,18H,8-9H2,1H3,(H,19,20). The number of carboxylic acid groups (broad SMARTS) is 1. The molecule has 0 saturated carbocycles. The summed E-state index contributed by atoms with van der Waals surface area (Å²) in [4.78, 5) is 10.9. The molecule has 0 aromatic heterocycles. The van der Waals surface area contributed by atoms with E-state index in [4.69, 9.17) is 9.84 Å². The van der Waals surface area contributed by atoms with Crippen molar-refractivity contribution < 1.29 is 23.1 Å². The normalized spacial score (nSPS) is 11.2. The van der Waals surface area contributed by atoms with Crippen molar-refractivity contribution in [3.05, 3.63) is 58.1 Å². The van der Waals surface area contributed by atoms with Crippen LogP contribution in [0.3, 0.4) is 0 Å². The Hall–Kier alpha value is -1.90. The number of hydrogen-bond donors (Lipinski definition) is 2. The first-order valence-electron chi connectivity index (χ1n) is 6.99. The zero-order valence-corrected chi connectivity index (χ0v) is 15.2. The summed E-state index contributed by atoms with van der Waals surface area (Å²) < 4.78 is 33.3. The lowest BCUT2D eigenvalue weighted by Crippen LogP contribution is -2.26. The molecule has 24 heavy (non-hydrogen) atoms. The molecular weight excluding hydrogens is 398 g/mol. The number of nitrogens with one attached hydrogen (secondary N) is 1. The molecule has 0 aliphatic rings. The van der Waals surface area contributed by atoms with Crippen molar-refractivity contribution in [2.24, 2.45) is 0 Å². The van der Waals surface area contributed by atoms with Gasteiger partial charge in [0, 0.05) is 11.0 Å². The number of sulfonamides is 1. The SMILES string of the molecule is COc1ccc(C(=O)O)cc1S(=O)(=O)NCCc1ccccc1Br. The molecule has 0 spiro atoms. The van der Waals surface area contributed by atoms with Crippen LogP contribution >= 0.6 is 15.9 Å². The summed E-state index contributed by atoms with van der Waals surface area (Å²) in [5.74, 6) is -1.12. The molecule has 2 aromatic carbocycles. The summed E-state index contributed by atoms with van der Waals surface area (Å²) in [6, 6.07) is 11.2. The van der Waals surface area contributed by atoms with Gasteiger partial charge in [0.05, 0.1) is 12.7 Å². The first-order valence-corrected chi connectivity index (χ1v) is 9.27. The number of carboxylic acids is 1. The zero-order valence-electron chi connectivity index (χ0n) is 12.8. The van der Waals surface area contributed by atoms with E-state index in [0.717, 1.165) is 16.1 Å². The summed E-state index contributed by atoms with van der Waals surface area (Å²) in [7, 11) is -2.57. The van der Waals surface area contributed by atoms with Gasteiger partial charge in [-0.2, -0.15) is 0 Å². The van der Waals surface area contributed by atoms with Gasteiger partial charge in [-0.25, -0.2) is 17.9 Å². The fourth-order valence-electron chi connectivity index (χ4n) is 2.12. The van der Waals surface area contributed by atoms with Gasteiger partial charge in [0.25, 0.3) is 0 Å². The Morgan fingerprint density at radius 3 is 2.58 bits per heavy atom. The van der Waals surface area contributed by atoms with Crippen molar-refractivity contribution in [3.63, 3.8) is 0 Å². The Kier molecular flexibility index (Phi) is 5.98. The molecule has 128 valence electrons. The predicted molar refractivity (Wildman–Crippen MR) is 93.0 cm³/mol. The summed E-state index contributed by atoms with van der Waals surface area (Å²) in [5.41, 5.74) is 0.841. The Labute approximate surface area is 148 Å². The molecule has 0 heterocycles. The number of methoxy groups -OCH3 is 1. The molecule has 2 aromatic rings. The van der Waals surface area contributed by atoms with Gasteiger partial charge in [0.2, 0.25) is 10.0 Å². The molecule has 6 nitrogen and oxygen atoms in total. The number of benzene rings is 2. The summed E-state index contributed by atoms with van der Waals surface area (Å²) in [6.45, 7) is 0.172. The van der Waals surface area contributed by atoms with Crippen LogP contribution in [0.15, 0.2) is 51.8 Å². The Bertz CT molecular complexity index is 851. The second kappa shape index (κ2) is 7.78. The van der Waals surface area contributed by atoms with Crippen molar-refractivity contribution in [2.75, 3.05) is 13.7 Å². The fraction of sp³-hybridized carbons (Fsp3) is 0.188. The number of carbonyl (C=O) groups is 1. The first kappa shape index (κ1) is 18.4. The number of hydrogen-bond acceptors (Lipinski definition) is 4. The highest BCUT2D eigenvalue weighted by atomic mass is 79.9. The highest BCUT2D eigenvalue weighted by Gasteiger charge is 2.21. The molecule has 0 unspecified atom stereocenters. The van der Waals surface area contributed by atoms with Gasteiger partial charge < -0.3 is 9.84 Å². The Morgan fingerprint density at radius 1 is 1.25 bits per heavy atom. The van der Waals surface area contributed by atoms with E-state index >= 15 is 0 Å². The minimum absolute atomic E-state index is 0.0911. The minimum Gasteiger partial charge on any atom is -0.495 e. The van der Waals surface area contributed by atoms with Crippen molar-refractivity contribution in [3.8, 4) is 5.75 Å². The van der Waals surface area contributed by atoms with E-state index in [1.165, 1.54) is 19.2 Å². The van der Waals surface area contributed by atoms with E-state index in [2.05, 4.69) is 20.7 Å². The van der Waals surface area contributed by atoms with Gasteiger partial charge in [-0.1, -0.05) is 34.1 Å². The summed E-state index contributed by atoms with van der Waals surface area (Å²) in [6.07, 6.45) is 0.488. The van der Waals surface area contributed by atoms with Crippen molar-refractivity contribution in [2.45, 2.75) is 11.3 Å². The van der Waals surface area contributed by atoms with Gasteiger partial charge in [-0.3, -0.25) is 0 Å². The quantitative estimate of drug-likeness (QED) is 0.727. The van der Waals surface area contributed by atoms with Crippen LogP contribution in [0.1, 0.15) is 15.9 Å². The molecule has 0 radical (unpaired) electrons. The summed E-state index contributed by atoms with van der Waals surface area (Å²) >= 11 is 3.41. The number of ether oxygens (including phenoxy) is 1. The van der Waals surface area contributed by atoms with Crippen LogP contribution in [-0.4, -0.2) is 33.1 Å². The van der Waals surface area contributed by atoms with Gasteiger partial charge in [0.15, 0.2) is 0 Å². The lowest BCUT2D eigenvalue weighted by molar-refractivity contribution is 0.0696. The van der Waals surface area contributed by atoms with Crippen LogP contribution in [-0.2, 0) is 16.4 Å². The van der Waals surface area contributed by atoms with Crippen LogP contribution < -0.4 is 9.46 Å². The second-order valence-corrected chi connectivity index (χ2v) is 7.50. The lowest BCUT2D eigenvalue weighted by Gasteiger charge is -2.12. The molecule has 0 aliphatic heterocycles. The van der Waals surface area contributed by atoms with E-state index in [1.807, 2.05) is 24.3 Å². The molecule has 2 N–H and O–H groups in total. The summed E-state index contributed by atoms with van der Waals surface area (Å²) in [5, 5.41) is 9.03. The van der Waals surface area contributed by atoms with Crippen LogP contribution in [0.2, 0.25) is 0 Å². The highest BCUT2D eigenvalue weighted by Crippen LogP contribution is 2.25. The third-order valence-electron chi connectivity index (χ3n) is 3.34. The van der Waals surface area contributed by atoms with Crippen molar-refractivity contribution in [1.82, 2.24) is 4.72 Å². The van der Waals surface area contributed by atoms with Gasteiger partial charge in [-0.05, 0) is 36.2 Å². The maximum Gasteiger partial charge on any atom is 0.335 e. The fourth-order valence-corrected chi connectivity index (χ4v) is 3.83. The molecule has 0 saturated heterocycles. The minimum atomic E-state index is -3.90. The topological polar surface area (TPSA) is 92.7 Å². The zero-order chi connectivity index (χ0) is 17.7. The first-order chi connectivity index (χ1) is 11.3. The van der Waals surface area contributed by atoms with Crippen LogP contribution in [0.4, 0.5) is 0 Å². The van der Waals surface area contributed by atoms with E-state index in [0.29, 0.717) is 6.42 Å². The van der Waals surface area contributed by atoms with Crippen molar-refractivity contribution >= 4 is 31.9 Å². The van der Waals surface area contributed by atoms with E-state index < -0.39 is 16.0 Å². The van der Waals surface area contributed by atoms with Crippen LogP contribution in [0, 0.1) is 0 Å². The van der Waals surface area contributed by atoms with Gasteiger partial charge in [0.1, 0.15) is 10.6 Å². The smallest absolute Gasteiger partial charge is 0.335 e. The van der Waals surface area contributed by atoms with Crippen molar-refractivity contribution in [1.29, 1.82) is 0 Å². The maximum absolute atomic E-state index is 12.5. The number of halogens is 1. The monoisotopic (exact) mass is 413 g/mol. The Balaban J connectivity index is 2.19. The van der Waals surface area contributed by atoms with E-state index in [-0.39, 0.29) is 22.8 Å². The van der Waals surface area contributed by atoms with Gasteiger partial charge in [-0.15, -0.1) is 0 Å². The molecule has 0 amide bonds. The van der Waals surface area contributed by atoms with Gasteiger partial charge >= 0.3 is 5.97 Å². The van der Waals surface area contributed by atoms with Crippen LogP contribution in [0.25, 0.3) is 0 Å². The maximum atomic E-state index is 12.5. The average Bonchev–Trinajstić information content (AvgIpc) is 2.55.